The Labute approximate surface area is 171 Å². The van der Waals surface area contributed by atoms with E-state index in [1.807, 2.05) is 26.0 Å². The Hall–Kier alpha value is -3.15. The first-order valence-corrected chi connectivity index (χ1v) is 9.49. The van der Waals surface area contributed by atoms with E-state index in [0.29, 0.717) is 29.4 Å². The lowest BCUT2D eigenvalue weighted by atomic mass is 10.0. The lowest BCUT2D eigenvalue weighted by Gasteiger charge is -2.13. The Morgan fingerprint density at radius 2 is 1.76 bits per heavy atom. The zero-order valence-electron chi connectivity index (χ0n) is 17.4. The Morgan fingerprint density at radius 1 is 1.07 bits per heavy atom. The lowest BCUT2D eigenvalue weighted by Crippen LogP contribution is -2.05. The van der Waals surface area contributed by atoms with Gasteiger partial charge >= 0.3 is 0 Å². The van der Waals surface area contributed by atoms with Crippen molar-refractivity contribution >= 4 is 11.9 Å². The fourth-order valence-electron chi connectivity index (χ4n) is 3.35. The highest BCUT2D eigenvalue weighted by Crippen LogP contribution is 2.39. The molecule has 1 atom stereocenters. The van der Waals surface area contributed by atoms with Crippen molar-refractivity contribution in [3.8, 4) is 28.7 Å². The van der Waals surface area contributed by atoms with E-state index in [1.54, 1.807) is 18.2 Å². The smallest absolute Gasteiger partial charge is 0.203 e. The van der Waals surface area contributed by atoms with Crippen LogP contribution in [0.1, 0.15) is 35.3 Å². The maximum absolute atomic E-state index is 12.8. The Balaban J connectivity index is 1.92. The number of methoxy groups -OCH3 is 3. The quantitative estimate of drug-likeness (QED) is 0.487. The number of ether oxygens (including phenoxy) is 5. The van der Waals surface area contributed by atoms with Gasteiger partial charge in [-0.05, 0) is 50.3 Å². The molecule has 0 amide bonds. The predicted octanol–water partition coefficient (Wildman–Crippen LogP) is 4.33. The molecule has 0 aliphatic carbocycles. The third-order valence-electron chi connectivity index (χ3n) is 4.69. The van der Waals surface area contributed by atoms with E-state index < -0.39 is 0 Å². The van der Waals surface area contributed by atoms with Crippen LogP contribution in [-0.4, -0.2) is 39.8 Å². The SMILES string of the molecule is CCOc1cc2c(cc1C=CC(=O)c1cc(OC)c(OC)c(OC)c1)OC(C)C2. The van der Waals surface area contributed by atoms with E-state index in [0.717, 1.165) is 29.0 Å². The van der Waals surface area contributed by atoms with Crippen LogP contribution in [0.2, 0.25) is 0 Å². The number of rotatable bonds is 8. The fraction of sp³-hybridized carbons (Fsp3) is 0.348. The summed E-state index contributed by atoms with van der Waals surface area (Å²) in [7, 11) is 4.55. The Morgan fingerprint density at radius 3 is 2.34 bits per heavy atom. The summed E-state index contributed by atoms with van der Waals surface area (Å²) in [6, 6.07) is 7.17. The molecule has 29 heavy (non-hydrogen) atoms. The van der Waals surface area contributed by atoms with Crippen molar-refractivity contribution in [2.45, 2.75) is 26.4 Å². The van der Waals surface area contributed by atoms with Crippen molar-refractivity contribution in [1.82, 2.24) is 0 Å². The first kappa shape index (κ1) is 20.6. The zero-order chi connectivity index (χ0) is 21.0. The summed E-state index contributed by atoms with van der Waals surface area (Å²) in [5.41, 5.74) is 2.34. The zero-order valence-corrected chi connectivity index (χ0v) is 17.4. The van der Waals surface area contributed by atoms with Crippen molar-refractivity contribution < 1.29 is 28.5 Å². The normalized spacial score (nSPS) is 15.0. The summed E-state index contributed by atoms with van der Waals surface area (Å²) >= 11 is 0. The number of carbonyl (C=O) groups is 1. The molecule has 0 N–H and O–H groups in total. The van der Waals surface area contributed by atoms with Gasteiger partial charge in [-0.15, -0.1) is 0 Å². The molecule has 0 radical (unpaired) electrons. The van der Waals surface area contributed by atoms with E-state index in [1.165, 1.54) is 27.4 Å². The van der Waals surface area contributed by atoms with Gasteiger partial charge in [0.2, 0.25) is 5.75 Å². The van der Waals surface area contributed by atoms with Gasteiger partial charge in [-0.3, -0.25) is 4.79 Å². The standard InChI is InChI=1S/C23H26O6/c1-6-28-19-13-17-9-14(2)29-20(17)10-15(19)7-8-18(24)16-11-21(25-3)23(27-5)22(12-16)26-4/h7-8,10-14H,6,9H2,1-5H3. The van der Waals surface area contributed by atoms with Crippen LogP contribution in [0.25, 0.3) is 6.08 Å². The Kier molecular flexibility index (Phi) is 6.32. The fourth-order valence-corrected chi connectivity index (χ4v) is 3.35. The molecule has 0 saturated carbocycles. The lowest BCUT2D eigenvalue weighted by molar-refractivity contribution is 0.104. The van der Waals surface area contributed by atoms with Crippen molar-refractivity contribution in [2.24, 2.45) is 0 Å². The minimum Gasteiger partial charge on any atom is -0.493 e. The summed E-state index contributed by atoms with van der Waals surface area (Å²) in [5.74, 6) is 2.68. The molecule has 0 saturated heterocycles. The molecule has 1 aliphatic heterocycles. The van der Waals surface area contributed by atoms with Crippen molar-refractivity contribution in [2.75, 3.05) is 27.9 Å². The van der Waals surface area contributed by atoms with E-state index >= 15 is 0 Å². The number of carbonyl (C=O) groups excluding carboxylic acids is 1. The molecule has 1 heterocycles. The molecule has 3 rings (SSSR count). The van der Waals surface area contributed by atoms with Crippen LogP contribution in [0.4, 0.5) is 0 Å². The van der Waals surface area contributed by atoms with Gasteiger partial charge in [-0.1, -0.05) is 0 Å². The molecular formula is C23H26O6. The number of hydrogen-bond donors (Lipinski definition) is 0. The van der Waals surface area contributed by atoms with Gasteiger partial charge in [-0.2, -0.15) is 0 Å². The number of hydrogen-bond acceptors (Lipinski definition) is 6. The van der Waals surface area contributed by atoms with E-state index in [2.05, 4.69) is 0 Å². The molecular weight excluding hydrogens is 372 g/mol. The molecule has 6 nitrogen and oxygen atoms in total. The van der Waals surface area contributed by atoms with E-state index in [-0.39, 0.29) is 11.9 Å². The number of fused-ring (bicyclic) bond motifs is 1. The summed E-state index contributed by atoms with van der Waals surface area (Å²) < 4.78 is 27.6. The number of ketones is 1. The molecule has 1 aliphatic rings. The second-order valence-corrected chi connectivity index (χ2v) is 6.67. The maximum atomic E-state index is 12.8. The average molecular weight is 398 g/mol. The number of allylic oxidation sites excluding steroid dienone is 1. The Bertz CT molecular complexity index is 906. The van der Waals surface area contributed by atoms with E-state index in [9.17, 15) is 4.79 Å². The summed E-state index contributed by atoms with van der Waals surface area (Å²) in [6.45, 7) is 4.50. The van der Waals surface area contributed by atoms with Crippen molar-refractivity contribution in [3.05, 3.63) is 47.0 Å². The molecule has 0 bridgehead atoms. The molecule has 0 aromatic heterocycles. The minimum absolute atomic E-state index is 0.138. The van der Waals surface area contributed by atoms with Gasteiger partial charge in [0.15, 0.2) is 17.3 Å². The first-order valence-electron chi connectivity index (χ1n) is 9.49. The van der Waals surface area contributed by atoms with Crippen LogP contribution in [0, 0.1) is 0 Å². The molecule has 0 fully saturated rings. The third-order valence-corrected chi connectivity index (χ3v) is 4.69. The van der Waals surface area contributed by atoms with Gasteiger partial charge in [0.1, 0.15) is 17.6 Å². The molecule has 2 aromatic carbocycles. The molecule has 1 unspecified atom stereocenters. The highest BCUT2D eigenvalue weighted by molar-refractivity contribution is 6.07. The molecule has 154 valence electrons. The van der Waals surface area contributed by atoms with Crippen LogP contribution in [0.3, 0.4) is 0 Å². The van der Waals surface area contributed by atoms with Gasteiger partial charge in [0, 0.05) is 23.1 Å². The van der Waals surface area contributed by atoms with E-state index in [4.69, 9.17) is 23.7 Å². The summed E-state index contributed by atoms with van der Waals surface area (Å²) in [5, 5.41) is 0. The number of benzene rings is 2. The minimum atomic E-state index is -0.193. The largest absolute Gasteiger partial charge is 0.493 e. The van der Waals surface area contributed by atoms with Gasteiger partial charge in [0.05, 0.1) is 27.9 Å². The van der Waals surface area contributed by atoms with Crippen LogP contribution in [0.15, 0.2) is 30.3 Å². The first-order chi connectivity index (χ1) is 14.0. The van der Waals surface area contributed by atoms with Gasteiger partial charge in [-0.25, -0.2) is 0 Å². The van der Waals surface area contributed by atoms with Crippen LogP contribution < -0.4 is 23.7 Å². The monoisotopic (exact) mass is 398 g/mol. The molecule has 6 heteroatoms. The maximum Gasteiger partial charge on any atom is 0.203 e. The third kappa shape index (κ3) is 4.31. The summed E-state index contributed by atoms with van der Waals surface area (Å²) in [6.07, 6.45) is 4.23. The highest BCUT2D eigenvalue weighted by atomic mass is 16.5. The predicted molar refractivity (Wildman–Crippen MR) is 111 cm³/mol. The second kappa shape index (κ2) is 8.90. The summed E-state index contributed by atoms with van der Waals surface area (Å²) in [4.78, 5) is 12.8. The van der Waals surface area contributed by atoms with Crippen LogP contribution >= 0.6 is 0 Å². The molecule has 0 spiro atoms. The van der Waals surface area contributed by atoms with Crippen LogP contribution in [-0.2, 0) is 6.42 Å². The average Bonchev–Trinajstić information content (AvgIpc) is 3.09. The topological polar surface area (TPSA) is 63.2 Å². The van der Waals surface area contributed by atoms with Crippen molar-refractivity contribution in [1.29, 1.82) is 0 Å². The molecule has 2 aromatic rings. The van der Waals surface area contributed by atoms with Gasteiger partial charge < -0.3 is 23.7 Å². The van der Waals surface area contributed by atoms with Crippen LogP contribution in [0.5, 0.6) is 28.7 Å². The second-order valence-electron chi connectivity index (χ2n) is 6.67. The van der Waals surface area contributed by atoms with Crippen molar-refractivity contribution in [3.63, 3.8) is 0 Å². The van der Waals surface area contributed by atoms with Gasteiger partial charge in [0.25, 0.3) is 0 Å². The highest BCUT2D eigenvalue weighted by Gasteiger charge is 2.21.